The molecule has 3 rings (SSSR count). The molecule has 2 aromatic heterocycles. The molecule has 0 spiro atoms. The van der Waals surface area contributed by atoms with Gasteiger partial charge in [0.2, 0.25) is 0 Å². The topological polar surface area (TPSA) is 108 Å². The third-order valence-corrected chi connectivity index (χ3v) is 3.24. The highest BCUT2D eigenvalue weighted by Crippen LogP contribution is 2.18. The second-order valence-electron chi connectivity index (χ2n) is 4.89. The zero-order valence-electron chi connectivity index (χ0n) is 12.5. The number of benzene rings is 1. The molecule has 0 bridgehead atoms. The largest absolute Gasteiger partial charge is 0.321 e. The monoisotopic (exact) mass is 311 g/mol. The Morgan fingerprint density at radius 1 is 1.22 bits per heavy atom. The van der Waals surface area contributed by atoms with Crippen LogP contribution >= 0.6 is 0 Å². The van der Waals surface area contributed by atoms with E-state index < -0.39 is 5.91 Å². The van der Waals surface area contributed by atoms with Crippen LogP contribution in [0, 0.1) is 6.92 Å². The fourth-order valence-corrected chi connectivity index (χ4v) is 2.08. The van der Waals surface area contributed by atoms with Gasteiger partial charge in [0.1, 0.15) is 12.0 Å². The van der Waals surface area contributed by atoms with Crippen LogP contribution in [-0.2, 0) is 7.05 Å². The van der Waals surface area contributed by atoms with E-state index in [4.69, 9.17) is 0 Å². The van der Waals surface area contributed by atoms with Crippen LogP contribution in [0.4, 0.5) is 5.69 Å². The second kappa shape index (κ2) is 5.79. The van der Waals surface area contributed by atoms with E-state index in [0.29, 0.717) is 5.69 Å². The van der Waals surface area contributed by atoms with E-state index in [1.807, 2.05) is 6.92 Å². The fourth-order valence-electron chi connectivity index (χ4n) is 2.08. The number of hydrogen-bond donors (Lipinski definition) is 1. The lowest BCUT2D eigenvalue weighted by molar-refractivity contribution is 0.102. The molecule has 1 amide bonds. The first-order chi connectivity index (χ1) is 11.0. The van der Waals surface area contributed by atoms with E-state index in [1.165, 1.54) is 30.2 Å². The first-order valence-electron chi connectivity index (χ1n) is 6.74. The molecular weight excluding hydrogens is 298 g/mol. The highest BCUT2D eigenvalue weighted by molar-refractivity contribution is 6.02. The van der Waals surface area contributed by atoms with Crippen LogP contribution in [0.1, 0.15) is 16.1 Å². The molecule has 0 atom stereocenters. The van der Waals surface area contributed by atoms with Crippen molar-refractivity contribution in [2.45, 2.75) is 6.92 Å². The average molecular weight is 311 g/mol. The molecule has 2 heterocycles. The van der Waals surface area contributed by atoms with Crippen molar-refractivity contribution in [2.24, 2.45) is 7.05 Å². The number of amides is 1. The average Bonchev–Trinajstić information content (AvgIpc) is 3.04. The number of anilines is 1. The standard InChI is InChI=1S/C14H13N7O2/c1-9-7-10(3-5-12(9)21-8-15-18-19-21)16-14(23)11-4-6-13(22)20(2)17-11/h3-8H,1-2H3,(H,16,23). The van der Waals surface area contributed by atoms with Gasteiger partial charge in [-0.15, -0.1) is 5.10 Å². The van der Waals surface area contributed by atoms with E-state index >= 15 is 0 Å². The first-order valence-corrected chi connectivity index (χ1v) is 6.74. The predicted molar refractivity (Wildman–Crippen MR) is 81.3 cm³/mol. The van der Waals surface area contributed by atoms with Gasteiger partial charge >= 0.3 is 0 Å². The molecule has 1 N–H and O–H groups in total. The molecule has 0 unspecified atom stereocenters. The first kappa shape index (κ1) is 14.6. The Balaban J connectivity index is 1.83. The number of carbonyl (C=O) groups excluding carboxylic acids is 1. The minimum atomic E-state index is -0.393. The summed E-state index contributed by atoms with van der Waals surface area (Å²) in [7, 11) is 1.49. The van der Waals surface area contributed by atoms with Gasteiger partial charge in [0, 0.05) is 18.8 Å². The fraction of sp³-hybridized carbons (Fsp3) is 0.143. The molecule has 0 aliphatic rings. The SMILES string of the molecule is Cc1cc(NC(=O)c2ccc(=O)n(C)n2)ccc1-n1cnnn1. The molecule has 0 radical (unpaired) electrons. The summed E-state index contributed by atoms with van der Waals surface area (Å²) in [5.74, 6) is -0.393. The van der Waals surface area contributed by atoms with Gasteiger partial charge in [0.15, 0.2) is 0 Å². The Labute approximate surface area is 130 Å². The Kier molecular flexibility index (Phi) is 3.67. The summed E-state index contributed by atoms with van der Waals surface area (Å²) in [6, 6.07) is 8.03. The zero-order chi connectivity index (χ0) is 16.4. The minimum absolute atomic E-state index is 0.161. The normalized spacial score (nSPS) is 10.5. The lowest BCUT2D eigenvalue weighted by atomic mass is 10.1. The number of nitrogens with zero attached hydrogens (tertiary/aromatic N) is 6. The lowest BCUT2D eigenvalue weighted by Crippen LogP contribution is -2.23. The molecule has 0 saturated carbocycles. The molecule has 0 saturated heterocycles. The van der Waals surface area contributed by atoms with Gasteiger partial charge in [-0.05, 0) is 47.2 Å². The predicted octanol–water partition coefficient (Wildman–Crippen LogP) is 0.317. The summed E-state index contributed by atoms with van der Waals surface area (Å²) < 4.78 is 2.65. The number of rotatable bonds is 3. The second-order valence-corrected chi connectivity index (χ2v) is 4.89. The van der Waals surface area contributed by atoms with Gasteiger partial charge in [-0.25, -0.2) is 9.36 Å². The minimum Gasteiger partial charge on any atom is -0.321 e. The van der Waals surface area contributed by atoms with Crippen LogP contribution in [-0.4, -0.2) is 35.9 Å². The Morgan fingerprint density at radius 3 is 2.70 bits per heavy atom. The summed E-state index contributed by atoms with van der Waals surface area (Å²) in [5.41, 5.74) is 2.20. The zero-order valence-corrected chi connectivity index (χ0v) is 12.5. The maximum Gasteiger partial charge on any atom is 0.276 e. The lowest BCUT2D eigenvalue weighted by Gasteiger charge is -2.09. The number of nitrogens with one attached hydrogen (secondary N) is 1. The number of aromatic nitrogens is 6. The smallest absolute Gasteiger partial charge is 0.276 e. The molecule has 0 aliphatic carbocycles. The van der Waals surface area contributed by atoms with E-state index in [1.54, 1.807) is 18.2 Å². The Bertz CT molecular complexity index is 915. The Morgan fingerprint density at radius 2 is 2.04 bits per heavy atom. The molecule has 9 nitrogen and oxygen atoms in total. The number of aryl methyl sites for hydroxylation is 2. The summed E-state index contributed by atoms with van der Waals surface area (Å²) in [6.45, 7) is 1.89. The van der Waals surface area contributed by atoms with Gasteiger partial charge in [-0.1, -0.05) is 0 Å². The van der Waals surface area contributed by atoms with E-state index in [9.17, 15) is 9.59 Å². The van der Waals surface area contributed by atoms with Crippen molar-refractivity contribution in [3.05, 3.63) is 58.3 Å². The van der Waals surface area contributed by atoms with Crippen LogP contribution in [0.3, 0.4) is 0 Å². The molecule has 116 valence electrons. The number of hydrogen-bond acceptors (Lipinski definition) is 6. The van der Waals surface area contributed by atoms with E-state index in [2.05, 4.69) is 25.9 Å². The third-order valence-electron chi connectivity index (χ3n) is 3.24. The molecular formula is C14H13N7O2. The molecule has 0 fully saturated rings. The van der Waals surface area contributed by atoms with Gasteiger partial charge in [-0.2, -0.15) is 5.10 Å². The van der Waals surface area contributed by atoms with Crippen molar-refractivity contribution >= 4 is 11.6 Å². The number of carbonyl (C=O) groups is 1. The maximum absolute atomic E-state index is 12.2. The summed E-state index contributed by atoms with van der Waals surface area (Å²) in [6.07, 6.45) is 1.50. The highest BCUT2D eigenvalue weighted by Gasteiger charge is 2.10. The van der Waals surface area contributed by atoms with Crippen LogP contribution in [0.25, 0.3) is 5.69 Å². The van der Waals surface area contributed by atoms with Crippen molar-refractivity contribution in [1.29, 1.82) is 0 Å². The van der Waals surface area contributed by atoms with Crippen molar-refractivity contribution in [3.8, 4) is 5.69 Å². The molecule has 1 aromatic carbocycles. The van der Waals surface area contributed by atoms with Crippen molar-refractivity contribution in [2.75, 3.05) is 5.32 Å². The number of tetrazole rings is 1. The van der Waals surface area contributed by atoms with Gasteiger partial charge in [0.25, 0.3) is 11.5 Å². The highest BCUT2D eigenvalue weighted by atomic mass is 16.2. The van der Waals surface area contributed by atoms with E-state index in [0.717, 1.165) is 15.9 Å². The maximum atomic E-state index is 12.2. The van der Waals surface area contributed by atoms with E-state index in [-0.39, 0.29) is 11.3 Å². The van der Waals surface area contributed by atoms with Crippen molar-refractivity contribution in [3.63, 3.8) is 0 Å². The van der Waals surface area contributed by atoms with Crippen molar-refractivity contribution < 1.29 is 4.79 Å². The molecule has 9 heteroatoms. The molecule has 23 heavy (non-hydrogen) atoms. The summed E-state index contributed by atoms with van der Waals surface area (Å²) in [5, 5.41) is 17.7. The van der Waals surface area contributed by atoms with Crippen LogP contribution < -0.4 is 10.9 Å². The van der Waals surface area contributed by atoms with Crippen LogP contribution in [0.2, 0.25) is 0 Å². The van der Waals surface area contributed by atoms with Crippen LogP contribution in [0.5, 0.6) is 0 Å². The Hall–Kier alpha value is -3.36. The van der Waals surface area contributed by atoms with Gasteiger partial charge < -0.3 is 5.32 Å². The summed E-state index contributed by atoms with van der Waals surface area (Å²) >= 11 is 0. The van der Waals surface area contributed by atoms with Crippen LogP contribution in [0.15, 0.2) is 41.5 Å². The quantitative estimate of drug-likeness (QED) is 0.746. The molecule has 0 aliphatic heterocycles. The van der Waals surface area contributed by atoms with Gasteiger partial charge in [0.05, 0.1) is 5.69 Å². The summed E-state index contributed by atoms with van der Waals surface area (Å²) in [4.78, 5) is 23.5. The van der Waals surface area contributed by atoms with Gasteiger partial charge in [-0.3, -0.25) is 9.59 Å². The third kappa shape index (κ3) is 2.98. The van der Waals surface area contributed by atoms with Crippen molar-refractivity contribution in [1.82, 2.24) is 30.0 Å². The molecule has 3 aromatic rings.